The smallest absolute Gasteiger partial charge is 0.273 e. The molecule has 1 aliphatic heterocycles. The van der Waals surface area contributed by atoms with Gasteiger partial charge < -0.3 is 10.6 Å². The van der Waals surface area contributed by atoms with Gasteiger partial charge in [-0.2, -0.15) is 0 Å². The number of rotatable bonds is 1. The van der Waals surface area contributed by atoms with Gasteiger partial charge in [0.15, 0.2) is 0 Å². The Morgan fingerprint density at radius 3 is 2.33 bits per heavy atom. The highest BCUT2D eigenvalue weighted by Gasteiger charge is 2.24. The van der Waals surface area contributed by atoms with E-state index in [2.05, 4.69) is 17.1 Å². The van der Waals surface area contributed by atoms with E-state index >= 15 is 0 Å². The van der Waals surface area contributed by atoms with Gasteiger partial charge in [-0.15, -0.1) is 0 Å². The predicted octanol–water partition coefficient (Wildman–Crippen LogP) is 1.82. The third-order valence-corrected chi connectivity index (χ3v) is 3.13. The molecule has 0 saturated heterocycles. The molecular formula is C14H13N3O. The van der Waals surface area contributed by atoms with E-state index in [0.717, 1.165) is 0 Å². The van der Waals surface area contributed by atoms with Crippen LogP contribution in [-0.2, 0) is 13.1 Å². The number of hydrogen-bond acceptors (Lipinski definition) is 3. The van der Waals surface area contributed by atoms with Gasteiger partial charge in [0.2, 0.25) is 0 Å². The molecule has 0 atom stereocenters. The summed E-state index contributed by atoms with van der Waals surface area (Å²) in [5.41, 5.74) is 8.99. The molecule has 90 valence electrons. The summed E-state index contributed by atoms with van der Waals surface area (Å²) < 4.78 is 0. The summed E-state index contributed by atoms with van der Waals surface area (Å²) in [6.07, 6.45) is 1.51. The Kier molecular flexibility index (Phi) is 2.48. The van der Waals surface area contributed by atoms with Gasteiger partial charge in [-0.05, 0) is 23.3 Å². The molecule has 0 spiro atoms. The summed E-state index contributed by atoms with van der Waals surface area (Å²) in [7, 11) is 0. The summed E-state index contributed by atoms with van der Waals surface area (Å²) in [5.74, 6) is -0.0498. The number of aromatic nitrogens is 1. The molecule has 18 heavy (non-hydrogen) atoms. The molecule has 2 heterocycles. The maximum absolute atomic E-state index is 12.2. The summed E-state index contributed by atoms with van der Waals surface area (Å²) in [5, 5.41) is 0. The lowest BCUT2D eigenvalue weighted by molar-refractivity contribution is 0.0745. The maximum atomic E-state index is 12.2. The number of carbonyl (C=O) groups is 1. The Hall–Kier alpha value is -2.36. The van der Waals surface area contributed by atoms with E-state index in [4.69, 9.17) is 5.73 Å². The summed E-state index contributed by atoms with van der Waals surface area (Å²) >= 11 is 0. The highest BCUT2D eigenvalue weighted by molar-refractivity contribution is 5.92. The van der Waals surface area contributed by atoms with Crippen LogP contribution in [-0.4, -0.2) is 15.8 Å². The first-order valence-corrected chi connectivity index (χ1v) is 5.81. The molecule has 1 aromatic heterocycles. The molecule has 3 rings (SSSR count). The normalized spacial score (nSPS) is 13.4. The van der Waals surface area contributed by atoms with Crippen LogP contribution in [0.2, 0.25) is 0 Å². The average Bonchev–Trinajstić information content (AvgIpc) is 2.82. The molecule has 2 aromatic rings. The highest BCUT2D eigenvalue weighted by atomic mass is 16.2. The number of benzene rings is 1. The van der Waals surface area contributed by atoms with Crippen molar-refractivity contribution >= 4 is 11.6 Å². The van der Waals surface area contributed by atoms with Crippen molar-refractivity contribution in [2.45, 2.75) is 13.1 Å². The maximum Gasteiger partial charge on any atom is 0.273 e. The van der Waals surface area contributed by atoms with E-state index in [1.807, 2.05) is 12.1 Å². The second kappa shape index (κ2) is 4.14. The first-order chi connectivity index (χ1) is 8.74. The molecule has 1 amide bonds. The topological polar surface area (TPSA) is 59.2 Å². The van der Waals surface area contributed by atoms with Gasteiger partial charge in [-0.25, -0.2) is 4.98 Å². The minimum atomic E-state index is -0.0498. The predicted molar refractivity (Wildman–Crippen MR) is 68.7 cm³/mol. The largest absolute Gasteiger partial charge is 0.397 e. The number of nitrogen functional groups attached to an aromatic ring is 1. The number of nitrogens with zero attached hydrogens (tertiary/aromatic N) is 2. The third kappa shape index (κ3) is 1.82. The fourth-order valence-electron chi connectivity index (χ4n) is 2.17. The van der Waals surface area contributed by atoms with Gasteiger partial charge in [0.05, 0.1) is 11.9 Å². The molecule has 4 nitrogen and oxygen atoms in total. The molecule has 2 N–H and O–H groups in total. The van der Waals surface area contributed by atoms with Crippen LogP contribution >= 0.6 is 0 Å². The monoisotopic (exact) mass is 239 g/mol. The molecule has 0 saturated carbocycles. The molecule has 0 fully saturated rings. The molecular weight excluding hydrogens is 226 g/mol. The molecule has 1 aromatic carbocycles. The van der Waals surface area contributed by atoms with Gasteiger partial charge in [-0.1, -0.05) is 24.3 Å². The quantitative estimate of drug-likeness (QED) is 0.825. The third-order valence-electron chi connectivity index (χ3n) is 3.13. The number of hydrogen-bond donors (Lipinski definition) is 1. The Morgan fingerprint density at radius 1 is 1.11 bits per heavy atom. The lowest BCUT2D eigenvalue weighted by Gasteiger charge is -2.14. The fourth-order valence-corrected chi connectivity index (χ4v) is 2.17. The number of amides is 1. The van der Waals surface area contributed by atoms with E-state index < -0.39 is 0 Å². The van der Waals surface area contributed by atoms with Crippen LogP contribution in [0.5, 0.6) is 0 Å². The first-order valence-electron chi connectivity index (χ1n) is 5.81. The number of carbonyl (C=O) groups excluding carboxylic acids is 1. The Labute approximate surface area is 105 Å². The van der Waals surface area contributed by atoms with Crippen LogP contribution in [0.1, 0.15) is 21.6 Å². The zero-order chi connectivity index (χ0) is 12.5. The van der Waals surface area contributed by atoms with Crippen molar-refractivity contribution in [2.75, 3.05) is 5.73 Å². The van der Waals surface area contributed by atoms with Crippen LogP contribution in [0.4, 0.5) is 5.69 Å². The fraction of sp³-hybridized carbons (Fsp3) is 0.143. The van der Waals surface area contributed by atoms with Gasteiger partial charge in [-0.3, -0.25) is 4.79 Å². The van der Waals surface area contributed by atoms with Crippen LogP contribution in [0, 0.1) is 0 Å². The van der Waals surface area contributed by atoms with Gasteiger partial charge in [0.1, 0.15) is 5.69 Å². The highest BCUT2D eigenvalue weighted by Crippen LogP contribution is 2.23. The van der Waals surface area contributed by atoms with E-state index in [9.17, 15) is 4.79 Å². The molecule has 1 aliphatic rings. The molecule has 0 unspecified atom stereocenters. The van der Waals surface area contributed by atoms with E-state index in [-0.39, 0.29) is 5.91 Å². The van der Waals surface area contributed by atoms with Crippen molar-refractivity contribution in [3.05, 3.63) is 59.4 Å². The van der Waals surface area contributed by atoms with Gasteiger partial charge in [0.25, 0.3) is 5.91 Å². The summed E-state index contributed by atoms with van der Waals surface area (Å²) in [6, 6.07) is 11.5. The van der Waals surface area contributed by atoms with Crippen molar-refractivity contribution < 1.29 is 4.79 Å². The average molecular weight is 239 g/mol. The van der Waals surface area contributed by atoms with E-state index in [0.29, 0.717) is 24.5 Å². The summed E-state index contributed by atoms with van der Waals surface area (Å²) in [6.45, 7) is 1.31. The molecule has 0 aliphatic carbocycles. The summed E-state index contributed by atoms with van der Waals surface area (Å²) in [4.78, 5) is 18.1. The standard InChI is InChI=1S/C14H13N3O/c15-12-5-6-13(16-7-12)14(18)17-8-10-3-1-2-4-11(10)9-17/h1-7H,8-9,15H2. The molecule has 0 bridgehead atoms. The van der Waals surface area contributed by atoms with Crippen LogP contribution < -0.4 is 5.73 Å². The first kappa shape index (κ1) is 10.8. The zero-order valence-corrected chi connectivity index (χ0v) is 9.84. The van der Waals surface area contributed by atoms with Crippen molar-refractivity contribution in [3.8, 4) is 0 Å². The SMILES string of the molecule is Nc1ccc(C(=O)N2Cc3ccccc3C2)nc1. The zero-order valence-electron chi connectivity index (χ0n) is 9.84. The van der Waals surface area contributed by atoms with Gasteiger partial charge in [0, 0.05) is 13.1 Å². The lowest BCUT2D eigenvalue weighted by Crippen LogP contribution is -2.26. The lowest BCUT2D eigenvalue weighted by atomic mass is 10.1. The van der Waals surface area contributed by atoms with Gasteiger partial charge >= 0.3 is 0 Å². The number of anilines is 1. The van der Waals surface area contributed by atoms with Crippen LogP contribution in [0.25, 0.3) is 0 Å². The second-order valence-electron chi connectivity index (χ2n) is 4.41. The van der Waals surface area contributed by atoms with Crippen molar-refractivity contribution in [1.82, 2.24) is 9.88 Å². The van der Waals surface area contributed by atoms with Crippen LogP contribution in [0.15, 0.2) is 42.6 Å². The van der Waals surface area contributed by atoms with Crippen LogP contribution in [0.3, 0.4) is 0 Å². The Morgan fingerprint density at radius 2 is 1.78 bits per heavy atom. The van der Waals surface area contributed by atoms with Crippen molar-refractivity contribution in [1.29, 1.82) is 0 Å². The molecule has 4 heteroatoms. The van der Waals surface area contributed by atoms with E-state index in [1.165, 1.54) is 17.3 Å². The molecule has 0 radical (unpaired) electrons. The van der Waals surface area contributed by atoms with Crippen molar-refractivity contribution in [3.63, 3.8) is 0 Å². The minimum Gasteiger partial charge on any atom is -0.397 e. The Balaban J connectivity index is 1.82. The Bertz CT molecular complexity index is 567. The minimum absolute atomic E-state index is 0.0498. The number of pyridine rings is 1. The van der Waals surface area contributed by atoms with Crippen molar-refractivity contribution in [2.24, 2.45) is 0 Å². The van der Waals surface area contributed by atoms with E-state index in [1.54, 1.807) is 17.0 Å². The number of nitrogens with two attached hydrogens (primary N) is 1. The number of fused-ring (bicyclic) bond motifs is 1. The second-order valence-corrected chi connectivity index (χ2v) is 4.41.